The quantitative estimate of drug-likeness (QED) is 0.412. The van der Waals surface area contributed by atoms with E-state index in [2.05, 4.69) is 15.5 Å². The molecule has 3 aromatic rings. The molecule has 0 aliphatic carbocycles. The summed E-state index contributed by atoms with van der Waals surface area (Å²) in [7, 11) is 0. The Bertz CT molecular complexity index is 947. The summed E-state index contributed by atoms with van der Waals surface area (Å²) in [6.07, 6.45) is 2.92. The monoisotopic (exact) mass is 358 g/mol. The van der Waals surface area contributed by atoms with Crippen molar-refractivity contribution >= 4 is 29.4 Å². The number of hydrazone groups is 1. The predicted molar refractivity (Wildman–Crippen MR) is 91.7 cm³/mol. The van der Waals surface area contributed by atoms with Gasteiger partial charge in [-0.25, -0.2) is 5.43 Å². The Morgan fingerprint density at radius 1 is 1.32 bits per heavy atom. The molecule has 0 saturated heterocycles. The summed E-state index contributed by atoms with van der Waals surface area (Å²) in [6.45, 7) is 0. The van der Waals surface area contributed by atoms with Crippen LogP contribution in [0, 0.1) is 10.1 Å². The van der Waals surface area contributed by atoms with Gasteiger partial charge >= 0.3 is 0 Å². The Balaban J connectivity index is 1.76. The van der Waals surface area contributed by atoms with E-state index < -0.39 is 10.8 Å². The number of nitrogens with zero attached hydrogens (tertiary/aromatic N) is 2. The summed E-state index contributed by atoms with van der Waals surface area (Å²) in [6, 6.07) is 10.8. The van der Waals surface area contributed by atoms with Crippen molar-refractivity contribution in [3.05, 3.63) is 75.3 Å². The predicted octanol–water partition coefficient (Wildman–Crippen LogP) is 3.60. The second-order valence-electron chi connectivity index (χ2n) is 4.90. The summed E-state index contributed by atoms with van der Waals surface area (Å²) in [4.78, 5) is 25.1. The lowest BCUT2D eigenvalue weighted by molar-refractivity contribution is -0.384. The molecule has 126 valence electrons. The molecule has 0 fully saturated rings. The molecule has 3 rings (SSSR count). The number of aromatic amines is 1. The second kappa shape index (κ2) is 7.02. The fourth-order valence-electron chi connectivity index (χ4n) is 2.12. The van der Waals surface area contributed by atoms with Crippen molar-refractivity contribution in [1.29, 1.82) is 0 Å². The van der Waals surface area contributed by atoms with Crippen LogP contribution >= 0.6 is 11.6 Å². The first-order valence-electron chi connectivity index (χ1n) is 7.05. The van der Waals surface area contributed by atoms with Gasteiger partial charge in [-0.3, -0.25) is 14.9 Å². The SMILES string of the molecule is O=C(N/N=C\c1ccc(-c2ccc(Cl)cc2[N+](=O)[O-])o1)c1ccc[nH]1. The maximum Gasteiger partial charge on any atom is 0.287 e. The van der Waals surface area contributed by atoms with Gasteiger partial charge in [0, 0.05) is 17.3 Å². The Morgan fingerprint density at radius 3 is 2.88 bits per heavy atom. The number of nitrogens with one attached hydrogen (secondary N) is 2. The van der Waals surface area contributed by atoms with Gasteiger partial charge in [0.05, 0.1) is 16.7 Å². The van der Waals surface area contributed by atoms with Crippen molar-refractivity contribution in [1.82, 2.24) is 10.4 Å². The van der Waals surface area contributed by atoms with Crippen LogP contribution in [0.15, 0.2) is 58.2 Å². The summed E-state index contributed by atoms with van der Waals surface area (Å²) in [5, 5.41) is 15.2. The van der Waals surface area contributed by atoms with E-state index in [1.165, 1.54) is 24.4 Å². The largest absolute Gasteiger partial charge is 0.455 e. The molecule has 0 unspecified atom stereocenters. The first-order valence-corrected chi connectivity index (χ1v) is 7.43. The molecule has 0 aliphatic heterocycles. The van der Waals surface area contributed by atoms with Crippen LogP contribution in [0.1, 0.15) is 16.2 Å². The van der Waals surface area contributed by atoms with Crippen molar-refractivity contribution < 1.29 is 14.1 Å². The third kappa shape index (κ3) is 3.75. The van der Waals surface area contributed by atoms with Gasteiger partial charge < -0.3 is 9.40 Å². The minimum absolute atomic E-state index is 0.162. The van der Waals surface area contributed by atoms with Gasteiger partial charge in [0.1, 0.15) is 17.2 Å². The maximum absolute atomic E-state index is 11.7. The molecular formula is C16H11ClN4O4. The number of H-pyrrole nitrogens is 1. The van der Waals surface area contributed by atoms with E-state index in [1.54, 1.807) is 30.5 Å². The number of nitro benzene ring substituents is 1. The van der Waals surface area contributed by atoms with Gasteiger partial charge in [-0.15, -0.1) is 0 Å². The molecule has 0 aliphatic rings. The fourth-order valence-corrected chi connectivity index (χ4v) is 2.28. The van der Waals surface area contributed by atoms with Crippen LogP contribution in [0.3, 0.4) is 0 Å². The van der Waals surface area contributed by atoms with Crippen molar-refractivity contribution in [3.8, 4) is 11.3 Å². The molecule has 0 radical (unpaired) electrons. The lowest BCUT2D eigenvalue weighted by Gasteiger charge is -2.00. The molecule has 0 spiro atoms. The zero-order valence-corrected chi connectivity index (χ0v) is 13.4. The Labute approximate surface area is 146 Å². The van der Waals surface area contributed by atoms with E-state index >= 15 is 0 Å². The number of aromatic nitrogens is 1. The summed E-state index contributed by atoms with van der Waals surface area (Å²) in [5.74, 6) is 0.216. The highest BCUT2D eigenvalue weighted by atomic mass is 35.5. The number of hydrogen-bond donors (Lipinski definition) is 2. The van der Waals surface area contributed by atoms with E-state index in [-0.39, 0.29) is 10.7 Å². The first kappa shape index (κ1) is 16.5. The van der Waals surface area contributed by atoms with Crippen LogP contribution in [0.2, 0.25) is 5.02 Å². The van der Waals surface area contributed by atoms with Crippen LogP contribution in [-0.2, 0) is 0 Å². The van der Waals surface area contributed by atoms with Gasteiger partial charge in [0.2, 0.25) is 0 Å². The van der Waals surface area contributed by atoms with E-state index in [1.807, 2.05) is 0 Å². The van der Waals surface area contributed by atoms with Crippen LogP contribution in [0.5, 0.6) is 0 Å². The Morgan fingerprint density at radius 2 is 2.16 bits per heavy atom. The molecule has 2 heterocycles. The molecule has 1 amide bonds. The number of amides is 1. The average molecular weight is 359 g/mol. The Kier molecular flexibility index (Phi) is 4.62. The van der Waals surface area contributed by atoms with E-state index in [9.17, 15) is 14.9 Å². The third-order valence-corrected chi connectivity index (χ3v) is 3.48. The highest BCUT2D eigenvalue weighted by Gasteiger charge is 2.18. The highest BCUT2D eigenvalue weighted by molar-refractivity contribution is 6.30. The fraction of sp³-hybridized carbons (Fsp3) is 0. The smallest absolute Gasteiger partial charge is 0.287 e. The standard InChI is InChI=1S/C16H11ClN4O4/c17-10-3-5-12(14(8-10)21(23)24)15-6-4-11(25-15)9-19-20-16(22)13-2-1-7-18-13/h1-9,18H,(H,20,22)/b19-9-. The zero-order chi connectivity index (χ0) is 17.8. The number of hydrogen-bond acceptors (Lipinski definition) is 5. The van der Waals surface area contributed by atoms with Gasteiger partial charge in [-0.05, 0) is 36.4 Å². The number of rotatable bonds is 5. The zero-order valence-electron chi connectivity index (χ0n) is 12.6. The number of nitro groups is 1. The number of carbonyl (C=O) groups is 1. The Hall–Kier alpha value is -3.39. The van der Waals surface area contributed by atoms with Gasteiger partial charge in [-0.2, -0.15) is 5.10 Å². The number of halogens is 1. The summed E-state index contributed by atoms with van der Waals surface area (Å²) < 4.78 is 5.52. The van der Waals surface area contributed by atoms with Gasteiger partial charge in [0.25, 0.3) is 11.6 Å². The number of benzene rings is 1. The molecule has 2 aromatic heterocycles. The van der Waals surface area contributed by atoms with E-state index in [0.29, 0.717) is 22.8 Å². The summed E-state index contributed by atoms with van der Waals surface area (Å²) in [5.41, 5.74) is 2.84. The minimum Gasteiger partial charge on any atom is -0.455 e. The van der Waals surface area contributed by atoms with Crippen LogP contribution in [0.4, 0.5) is 5.69 Å². The molecule has 8 nitrogen and oxygen atoms in total. The topological polar surface area (TPSA) is 114 Å². The molecule has 0 atom stereocenters. The van der Waals surface area contributed by atoms with Crippen LogP contribution in [0.25, 0.3) is 11.3 Å². The molecule has 2 N–H and O–H groups in total. The molecule has 0 bridgehead atoms. The lowest BCUT2D eigenvalue weighted by atomic mass is 10.1. The molecule has 9 heteroatoms. The maximum atomic E-state index is 11.7. The van der Waals surface area contributed by atoms with Gasteiger partial charge in [0.15, 0.2) is 0 Å². The van der Waals surface area contributed by atoms with Crippen molar-refractivity contribution in [2.75, 3.05) is 0 Å². The number of furan rings is 1. The second-order valence-corrected chi connectivity index (χ2v) is 5.34. The first-order chi connectivity index (χ1) is 12.0. The van der Waals surface area contributed by atoms with E-state index in [0.717, 1.165) is 0 Å². The van der Waals surface area contributed by atoms with Crippen molar-refractivity contribution in [2.45, 2.75) is 0 Å². The summed E-state index contributed by atoms with van der Waals surface area (Å²) >= 11 is 5.80. The van der Waals surface area contributed by atoms with Gasteiger partial charge in [-0.1, -0.05) is 11.6 Å². The minimum atomic E-state index is -0.534. The normalized spacial score (nSPS) is 10.9. The molecule has 1 aromatic carbocycles. The van der Waals surface area contributed by atoms with Crippen molar-refractivity contribution in [3.63, 3.8) is 0 Å². The van der Waals surface area contributed by atoms with Crippen LogP contribution in [-0.4, -0.2) is 22.0 Å². The number of carbonyl (C=O) groups excluding carboxylic acids is 1. The molecule has 0 saturated carbocycles. The third-order valence-electron chi connectivity index (χ3n) is 3.25. The lowest BCUT2D eigenvalue weighted by Crippen LogP contribution is -2.17. The van der Waals surface area contributed by atoms with Crippen molar-refractivity contribution in [2.24, 2.45) is 5.10 Å². The highest BCUT2D eigenvalue weighted by Crippen LogP contribution is 2.33. The van der Waals surface area contributed by atoms with E-state index in [4.69, 9.17) is 16.0 Å². The average Bonchev–Trinajstić information content (AvgIpc) is 3.26. The van der Waals surface area contributed by atoms with Crippen LogP contribution < -0.4 is 5.43 Å². The molecular weight excluding hydrogens is 348 g/mol. The molecule has 25 heavy (non-hydrogen) atoms.